The summed E-state index contributed by atoms with van der Waals surface area (Å²) in [6.07, 6.45) is 6.18. The van der Waals surface area contributed by atoms with E-state index in [-0.39, 0.29) is 96.3 Å². The number of hydrogen-bond donors (Lipinski definition) is 9. The molecule has 5 heterocycles. The number of piperidine rings is 1. The Kier molecular flexibility index (Phi) is 31.6. The summed E-state index contributed by atoms with van der Waals surface area (Å²) in [7, 11) is -10.8. The van der Waals surface area contributed by atoms with Gasteiger partial charge in [-0.15, -0.1) is 0 Å². The van der Waals surface area contributed by atoms with Gasteiger partial charge in [-0.05, 0) is 216 Å². The third-order valence-corrected chi connectivity index (χ3v) is 26.2. The van der Waals surface area contributed by atoms with Crippen molar-refractivity contribution in [2.24, 2.45) is 0 Å². The van der Waals surface area contributed by atoms with Crippen LogP contribution in [0.5, 0.6) is 17.2 Å². The summed E-state index contributed by atoms with van der Waals surface area (Å²) in [5.74, 6) is 3.39. The molecule has 1 unspecified atom stereocenters. The molecule has 33 heteroatoms. The van der Waals surface area contributed by atoms with Crippen molar-refractivity contribution in [3.8, 4) is 17.2 Å². The summed E-state index contributed by atoms with van der Waals surface area (Å²) in [4.78, 5) is 29.0. The molecule has 0 spiro atoms. The lowest BCUT2D eigenvalue weighted by Gasteiger charge is -2.29. The van der Waals surface area contributed by atoms with E-state index in [4.69, 9.17) is 53.8 Å². The van der Waals surface area contributed by atoms with Gasteiger partial charge >= 0.3 is 0 Å². The predicted molar refractivity (Wildman–Crippen MR) is 456 cm³/mol. The fourth-order valence-electron chi connectivity index (χ4n) is 12.1. The van der Waals surface area contributed by atoms with Crippen LogP contribution in [0.4, 0.5) is 73.8 Å². The zero-order valence-electron chi connectivity index (χ0n) is 67.0. The maximum absolute atomic E-state index is 14.1. The lowest BCUT2D eigenvalue weighted by molar-refractivity contribution is 0.0357. The van der Waals surface area contributed by atoms with Gasteiger partial charge in [0.25, 0.3) is 0 Å². The second-order valence-corrected chi connectivity index (χ2v) is 38.4. The molecular weight excluding hydrogens is 1590 g/mol. The molecule has 11 rings (SSSR count). The molecule has 9 aromatic rings. The molecule has 620 valence electrons. The Hall–Kier alpha value is -8.79. The number of nitrogens with zero attached hydrogens (tertiary/aromatic N) is 7. The first-order valence-corrected chi connectivity index (χ1v) is 43.8. The maximum atomic E-state index is 14.1. The summed E-state index contributed by atoms with van der Waals surface area (Å²) >= 11 is 19.1. The molecule has 0 saturated carbocycles. The number of halogens is 4. The highest BCUT2D eigenvalue weighted by atomic mass is 35.5. The van der Waals surface area contributed by atoms with Gasteiger partial charge in [0.15, 0.2) is 47.0 Å². The molecule has 3 aromatic heterocycles. The molecule has 0 amide bonds. The molecule has 0 aliphatic carbocycles. The third-order valence-electron chi connectivity index (χ3n) is 18.7. The highest BCUT2D eigenvalue weighted by Crippen LogP contribution is 2.41. The van der Waals surface area contributed by atoms with Crippen LogP contribution in [-0.4, -0.2) is 163 Å². The van der Waals surface area contributed by atoms with E-state index in [1.54, 1.807) is 109 Å². The third kappa shape index (κ3) is 24.0. The lowest BCUT2D eigenvalue weighted by Crippen LogP contribution is -2.38. The summed E-state index contributed by atoms with van der Waals surface area (Å²) in [5, 5.41) is 40.3. The van der Waals surface area contributed by atoms with Crippen molar-refractivity contribution in [1.82, 2.24) is 40.1 Å². The van der Waals surface area contributed by atoms with Crippen molar-refractivity contribution in [2.45, 2.75) is 176 Å². The first-order chi connectivity index (χ1) is 54.5. The molecule has 1 atom stereocenters. The number of hydrogen-bond acceptors (Lipinski definition) is 26. The van der Waals surface area contributed by atoms with E-state index in [1.807, 2.05) is 53.7 Å². The van der Waals surface area contributed by atoms with Gasteiger partial charge in [-0.25, -0.2) is 44.6 Å². The standard InChI is InChI=1S/C29H38ClN5O4S.C27H33ClFN5O3S.C26H33ClN4O5S/c1-19(2)39-26-16-22(21(5)18-35-12-14-38-15-13-35)10-11-24(26)33-29-31-17-23(30)28(34-29)32-25-8-6-7-9-27(25)40(36,37)20(3)4;1-16(2)37-24-13-19(18-9-11-30-12-10-18)5-7-22(24)33-27-31-15-21(28)26(34-27)32-23-14-20(29)6-8-25(23)38(35,36)17(3)4;1-16(2)36-22-12-18(26(5,14-32)15-33)10-11-20(22)30-25-28-13-19(27)24(31-25)29-21-8-6-7-9-23(21)37(34,35)17(3)4/h6-11,16-17,19-21H,12-15,18H2,1-5H3,(H2,31,32,33,34);5-8,13-18,30H,9-12H2,1-4H3,(H2,31,32,33,34);6-13,16-17,32-33H,14-15H2,1-5H3,(H2,28,29,30,31). The van der Waals surface area contributed by atoms with Crippen LogP contribution < -0.4 is 51.4 Å². The van der Waals surface area contributed by atoms with Crippen LogP contribution in [0, 0.1) is 5.82 Å². The molecule has 2 aliphatic rings. The minimum atomic E-state index is -3.70. The van der Waals surface area contributed by atoms with Crippen LogP contribution in [0.2, 0.25) is 15.1 Å². The molecule has 2 aliphatic heterocycles. The fraction of sp³-hybridized carbons (Fsp3) is 0.415. The first kappa shape index (κ1) is 90.1. The van der Waals surface area contributed by atoms with Crippen LogP contribution in [0.3, 0.4) is 0 Å². The number of aliphatic hydroxyl groups excluding tert-OH is 2. The van der Waals surface area contributed by atoms with Crippen molar-refractivity contribution >= 4 is 134 Å². The summed E-state index contributed by atoms with van der Waals surface area (Å²) < 4.78 is 115. The zero-order chi connectivity index (χ0) is 83.7. The molecule has 26 nitrogen and oxygen atoms in total. The van der Waals surface area contributed by atoms with E-state index in [1.165, 1.54) is 41.9 Å². The largest absolute Gasteiger partial charge is 0.489 e. The van der Waals surface area contributed by atoms with Crippen LogP contribution in [0.1, 0.15) is 138 Å². The van der Waals surface area contributed by atoms with Gasteiger partial charge in [0.05, 0.1) is 128 Å². The molecule has 6 aromatic carbocycles. The van der Waals surface area contributed by atoms with E-state index in [0.717, 1.165) is 70.9 Å². The Morgan fingerprint density at radius 1 is 0.504 bits per heavy atom. The number of anilines is 12. The second-order valence-electron chi connectivity index (χ2n) is 29.8. The van der Waals surface area contributed by atoms with E-state index >= 15 is 0 Å². The number of rotatable bonds is 31. The SMILES string of the molecule is CC(C)Oc1cc(C(C)(CO)CO)ccc1Nc1ncc(Cl)c(Nc2ccccc2S(=O)(=O)C(C)C)n1.CC(C)Oc1cc(C(C)CN2CCOCC2)ccc1Nc1ncc(Cl)c(Nc2ccccc2S(=O)(=O)C(C)C)n1.CC(C)Oc1cc(C2CCNCC2)ccc1Nc1ncc(Cl)c(Nc2cc(F)ccc2S(=O)(=O)C(C)C)n1. The Morgan fingerprint density at radius 2 is 0.904 bits per heavy atom. The van der Waals surface area contributed by atoms with Gasteiger partial charge < -0.3 is 66.4 Å². The number of ether oxygens (including phenoxy) is 4. The normalized spacial score (nSPS) is 14.1. The minimum Gasteiger partial charge on any atom is -0.489 e. The van der Waals surface area contributed by atoms with E-state index < -0.39 is 56.5 Å². The molecular formula is C82H104Cl3FN14O12S3. The first-order valence-electron chi connectivity index (χ1n) is 38.0. The van der Waals surface area contributed by atoms with Crippen molar-refractivity contribution in [1.29, 1.82) is 0 Å². The predicted octanol–water partition coefficient (Wildman–Crippen LogP) is 17.0. The van der Waals surface area contributed by atoms with Gasteiger partial charge in [0.2, 0.25) is 17.8 Å². The van der Waals surface area contributed by atoms with Crippen molar-refractivity contribution in [3.63, 3.8) is 0 Å². The molecule has 115 heavy (non-hydrogen) atoms. The van der Waals surface area contributed by atoms with Crippen molar-refractivity contribution < 1.29 is 58.8 Å². The zero-order valence-corrected chi connectivity index (χ0v) is 71.7. The van der Waals surface area contributed by atoms with Crippen molar-refractivity contribution in [3.05, 3.63) is 177 Å². The Balaban J connectivity index is 0.000000198. The van der Waals surface area contributed by atoms with Gasteiger partial charge in [-0.1, -0.05) is 91.1 Å². The van der Waals surface area contributed by atoms with E-state index in [2.05, 4.69) is 103 Å². The highest BCUT2D eigenvalue weighted by molar-refractivity contribution is 7.92. The van der Waals surface area contributed by atoms with Crippen molar-refractivity contribution in [2.75, 3.05) is 91.1 Å². The maximum Gasteiger partial charge on any atom is 0.229 e. The van der Waals surface area contributed by atoms with Crippen LogP contribution in [-0.2, 0) is 39.7 Å². The molecule has 0 radical (unpaired) electrons. The van der Waals surface area contributed by atoms with Crippen LogP contribution in [0.15, 0.2) is 155 Å². The van der Waals surface area contributed by atoms with Gasteiger partial charge in [0, 0.05) is 25.0 Å². The highest BCUT2D eigenvalue weighted by Gasteiger charge is 2.30. The van der Waals surface area contributed by atoms with E-state index in [0.29, 0.717) is 69.0 Å². The number of benzene rings is 6. The number of nitrogens with one attached hydrogen (secondary N) is 7. The van der Waals surface area contributed by atoms with E-state index in [9.17, 15) is 39.9 Å². The van der Waals surface area contributed by atoms with Crippen LogP contribution in [0.25, 0.3) is 0 Å². The topological polar surface area (TPSA) is 345 Å². The summed E-state index contributed by atoms with van der Waals surface area (Å²) in [6, 6.07) is 34.2. The molecule has 0 bridgehead atoms. The van der Waals surface area contributed by atoms with Gasteiger partial charge in [-0.2, -0.15) is 15.0 Å². The Bertz CT molecular complexity index is 5160. The monoisotopic (exact) mass is 1700 g/mol. The number of aliphatic hydroxyl groups is 2. The minimum absolute atomic E-state index is 0.0341. The quantitative estimate of drug-likeness (QED) is 0.0182. The van der Waals surface area contributed by atoms with Gasteiger partial charge in [0.1, 0.15) is 38.1 Å². The van der Waals surface area contributed by atoms with Crippen LogP contribution >= 0.6 is 34.8 Å². The summed E-state index contributed by atoms with van der Waals surface area (Å²) in [6.45, 7) is 31.2. The number of sulfone groups is 3. The fourth-order valence-corrected chi connectivity index (χ4v) is 16.1. The second kappa shape index (κ2) is 40.4. The Morgan fingerprint density at radius 3 is 1.34 bits per heavy atom. The number of para-hydroxylation sites is 2. The molecule has 2 saturated heterocycles. The van der Waals surface area contributed by atoms with Gasteiger partial charge in [-0.3, -0.25) is 4.90 Å². The lowest BCUT2D eigenvalue weighted by atomic mass is 9.84. The average Bonchev–Trinajstić information content (AvgIpc) is 0.800. The number of aromatic nitrogens is 6. The summed E-state index contributed by atoms with van der Waals surface area (Å²) in [5.41, 5.74) is 5.00. The molecule has 2 fully saturated rings. The Labute approximate surface area is 689 Å². The smallest absolute Gasteiger partial charge is 0.229 e. The molecule has 9 N–H and O–H groups in total. The average molecular weight is 1700 g/mol. The number of morpholine rings is 1.